The van der Waals surface area contributed by atoms with Crippen LogP contribution in [0.5, 0.6) is 5.75 Å². The molecule has 0 unspecified atom stereocenters. The van der Waals surface area contributed by atoms with Gasteiger partial charge < -0.3 is 15.3 Å². The summed E-state index contributed by atoms with van der Waals surface area (Å²) in [5, 5.41) is 13.9. The average Bonchev–Trinajstić information content (AvgIpc) is 2.63. The summed E-state index contributed by atoms with van der Waals surface area (Å²) < 4.78 is 44.3. The van der Waals surface area contributed by atoms with Crippen LogP contribution in [0.15, 0.2) is 42.6 Å². The number of amides is 1. The minimum atomic E-state index is -4.62. The van der Waals surface area contributed by atoms with E-state index in [9.17, 15) is 23.2 Å². The number of benzene rings is 1. The van der Waals surface area contributed by atoms with Crippen molar-refractivity contribution in [2.24, 2.45) is 0 Å². The molecule has 0 fully saturated rings. The van der Waals surface area contributed by atoms with Crippen LogP contribution in [0.1, 0.15) is 16.1 Å². The molecular weight excluding hydrogens is 387 g/mol. The summed E-state index contributed by atoms with van der Waals surface area (Å²) in [6, 6.07) is 7.33. The van der Waals surface area contributed by atoms with Crippen LogP contribution in [0.25, 0.3) is 10.9 Å². The molecule has 10 heteroatoms. The van der Waals surface area contributed by atoms with Gasteiger partial charge in [0.05, 0.1) is 18.4 Å². The maximum absolute atomic E-state index is 12.9. The van der Waals surface area contributed by atoms with Crippen molar-refractivity contribution in [3.05, 3.63) is 64.2 Å². The monoisotopic (exact) mass is 397 g/mol. The molecule has 6 nitrogen and oxygen atoms in total. The molecule has 0 spiro atoms. The van der Waals surface area contributed by atoms with E-state index in [1.54, 1.807) is 0 Å². The number of alkyl halides is 3. The Hall–Kier alpha value is -3.07. The summed E-state index contributed by atoms with van der Waals surface area (Å²) in [6.45, 7) is 0. The zero-order valence-corrected chi connectivity index (χ0v) is 14.4. The number of carbonyl (C=O) groups excluding carboxylic acids is 1. The maximum Gasteiger partial charge on any atom is 0.433 e. The number of hydrogen-bond acceptors (Lipinski definition) is 4. The molecule has 0 aliphatic heterocycles. The van der Waals surface area contributed by atoms with Gasteiger partial charge in [-0.15, -0.1) is 0 Å². The Bertz CT molecular complexity index is 1040. The standard InChI is InChI=1S/C17H11ClF3N3O3/c1-27-12-4-3-11(10-2-5-13(17(19,20)21)23-15(10)12)22-16(25)9-6-7-24(26)14(18)8-9/h2-8H,1H3,(H,22,25). The van der Waals surface area contributed by atoms with Gasteiger partial charge in [0.1, 0.15) is 17.0 Å². The molecule has 0 radical (unpaired) electrons. The van der Waals surface area contributed by atoms with Crippen molar-refractivity contribution in [1.82, 2.24) is 4.98 Å². The first kappa shape index (κ1) is 18.7. The molecular formula is C17H11ClF3N3O3. The van der Waals surface area contributed by atoms with E-state index in [1.165, 1.54) is 37.4 Å². The third kappa shape index (κ3) is 3.72. The van der Waals surface area contributed by atoms with Gasteiger partial charge in [0, 0.05) is 17.5 Å². The highest BCUT2D eigenvalue weighted by atomic mass is 35.5. The summed E-state index contributed by atoms with van der Waals surface area (Å²) in [7, 11) is 1.30. The van der Waals surface area contributed by atoms with Gasteiger partial charge in [0.2, 0.25) is 0 Å². The first-order valence-electron chi connectivity index (χ1n) is 7.45. The van der Waals surface area contributed by atoms with Crippen molar-refractivity contribution in [3.63, 3.8) is 0 Å². The van der Waals surface area contributed by atoms with Gasteiger partial charge in [0.25, 0.3) is 11.1 Å². The van der Waals surface area contributed by atoms with Crippen LogP contribution in [0.2, 0.25) is 5.15 Å². The molecule has 0 saturated heterocycles. The Morgan fingerprint density at radius 3 is 2.63 bits per heavy atom. The highest BCUT2D eigenvalue weighted by Gasteiger charge is 2.33. The zero-order chi connectivity index (χ0) is 19.8. The minimum absolute atomic E-state index is 0.0476. The maximum atomic E-state index is 12.9. The summed E-state index contributed by atoms with van der Waals surface area (Å²) >= 11 is 5.69. The van der Waals surface area contributed by atoms with Crippen LogP contribution >= 0.6 is 11.6 Å². The van der Waals surface area contributed by atoms with Crippen LogP contribution in [-0.2, 0) is 6.18 Å². The van der Waals surface area contributed by atoms with E-state index in [2.05, 4.69) is 10.3 Å². The molecule has 2 aromatic heterocycles. The van der Waals surface area contributed by atoms with E-state index in [-0.39, 0.29) is 33.1 Å². The predicted molar refractivity (Wildman–Crippen MR) is 91.7 cm³/mol. The van der Waals surface area contributed by atoms with Crippen molar-refractivity contribution in [2.75, 3.05) is 12.4 Å². The fourth-order valence-electron chi connectivity index (χ4n) is 2.42. The first-order chi connectivity index (χ1) is 12.7. The topological polar surface area (TPSA) is 78.2 Å². The lowest BCUT2D eigenvalue weighted by atomic mass is 10.1. The number of methoxy groups -OCH3 is 1. The molecule has 0 saturated carbocycles. The molecule has 3 aromatic rings. The normalized spacial score (nSPS) is 11.4. The fourth-order valence-corrected chi connectivity index (χ4v) is 2.59. The highest BCUT2D eigenvalue weighted by Crippen LogP contribution is 2.35. The molecule has 2 heterocycles. The van der Waals surface area contributed by atoms with Crippen molar-refractivity contribution in [2.45, 2.75) is 6.18 Å². The fraction of sp³-hybridized carbons (Fsp3) is 0.118. The Morgan fingerprint density at radius 2 is 2.00 bits per heavy atom. The quantitative estimate of drug-likeness (QED) is 0.414. The summed E-state index contributed by atoms with van der Waals surface area (Å²) in [5.74, 6) is -0.465. The number of fused-ring (bicyclic) bond motifs is 1. The lowest BCUT2D eigenvalue weighted by Gasteiger charge is -2.13. The van der Waals surface area contributed by atoms with Crippen molar-refractivity contribution < 1.29 is 27.4 Å². The molecule has 1 aromatic carbocycles. The number of nitrogens with zero attached hydrogens (tertiary/aromatic N) is 2. The highest BCUT2D eigenvalue weighted by molar-refractivity contribution is 6.29. The Kier molecular flexibility index (Phi) is 4.79. The molecule has 0 aliphatic carbocycles. The van der Waals surface area contributed by atoms with Gasteiger partial charge >= 0.3 is 6.18 Å². The van der Waals surface area contributed by atoms with E-state index >= 15 is 0 Å². The second-order valence-electron chi connectivity index (χ2n) is 5.42. The van der Waals surface area contributed by atoms with Gasteiger partial charge in [-0.25, -0.2) is 4.98 Å². The molecule has 0 atom stereocenters. The van der Waals surface area contributed by atoms with E-state index < -0.39 is 17.8 Å². The van der Waals surface area contributed by atoms with Gasteiger partial charge in [-0.2, -0.15) is 17.9 Å². The number of anilines is 1. The third-order valence-corrected chi connectivity index (χ3v) is 3.99. The number of rotatable bonds is 3. The Balaban J connectivity index is 2.04. The third-order valence-electron chi connectivity index (χ3n) is 3.72. The largest absolute Gasteiger partial charge is 0.618 e. The number of hydrogen-bond donors (Lipinski definition) is 1. The second kappa shape index (κ2) is 6.92. The van der Waals surface area contributed by atoms with Gasteiger partial charge in [-0.1, -0.05) is 0 Å². The van der Waals surface area contributed by atoms with Gasteiger partial charge in [0.15, 0.2) is 6.20 Å². The number of pyridine rings is 2. The SMILES string of the molecule is COc1ccc(NC(=O)c2cc[n+]([O-])c(Cl)c2)c2ccc(C(F)(F)F)nc12. The lowest BCUT2D eigenvalue weighted by molar-refractivity contribution is -0.603. The summed E-state index contributed by atoms with van der Waals surface area (Å²) in [4.78, 5) is 16.0. The minimum Gasteiger partial charge on any atom is -0.618 e. The van der Waals surface area contributed by atoms with Crippen molar-refractivity contribution in [3.8, 4) is 5.75 Å². The first-order valence-corrected chi connectivity index (χ1v) is 7.83. The van der Waals surface area contributed by atoms with Crippen molar-refractivity contribution in [1.29, 1.82) is 0 Å². The lowest BCUT2D eigenvalue weighted by Crippen LogP contribution is -2.27. The number of carbonyl (C=O) groups is 1. The van der Waals surface area contributed by atoms with Crippen LogP contribution in [0.4, 0.5) is 18.9 Å². The molecule has 1 N–H and O–H groups in total. The molecule has 27 heavy (non-hydrogen) atoms. The summed E-state index contributed by atoms with van der Waals surface area (Å²) in [5.41, 5.74) is -0.789. The van der Waals surface area contributed by atoms with Crippen LogP contribution < -0.4 is 14.8 Å². The van der Waals surface area contributed by atoms with Crippen molar-refractivity contribution >= 4 is 34.1 Å². The zero-order valence-electron chi connectivity index (χ0n) is 13.7. The van der Waals surface area contributed by atoms with E-state index in [4.69, 9.17) is 16.3 Å². The number of aromatic nitrogens is 2. The second-order valence-corrected chi connectivity index (χ2v) is 5.81. The average molecular weight is 398 g/mol. The molecule has 3 rings (SSSR count). The molecule has 140 valence electrons. The van der Waals surface area contributed by atoms with Gasteiger partial charge in [-0.3, -0.25) is 4.79 Å². The Morgan fingerprint density at radius 1 is 1.26 bits per heavy atom. The van der Waals surface area contributed by atoms with E-state index in [0.29, 0.717) is 4.73 Å². The van der Waals surface area contributed by atoms with Gasteiger partial charge in [-0.05, 0) is 35.9 Å². The molecule has 0 aliphatic rings. The molecule has 0 bridgehead atoms. The van der Waals surface area contributed by atoms with Crippen LogP contribution in [0.3, 0.4) is 0 Å². The predicted octanol–water partition coefficient (Wildman–Crippen LogP) is 3.80. The number of halogens is 4. The molecule has 1 amide bonds. The van der Waals surface area contributed by atoms with E-state index in [1.807, 2.05) is 0 Å². The number of ether oxygens (including phenoxy) is 1. The summed E-state index contributed by atoms with van der Waals surface area (Å²) in [6.07, 6.45) is -3.55. The number of nitrogens with one attached hydrogen (secondary N) is 1. The Labute approximate surface area is 155 Å². The van der Waals surface area contributed by atoms with E-state index in [0.717, 1.165) is 12.3 Å². The van der Waals surface area contributed by atoms with Crippen LogP contribution in [0, 0.1) is 5.21 Å². The smallest absolute Gasteiger partial charge is 0.433 e. The van der Waals surface area contributed by atoms with Crippen LogP contribution in [-0.4, -0.2) is 18.0 Å².